The van der Waals surface area contributed by atoms with Gasteiger partial charge in [-0.05, 0) is 12.1 Å². The standard InChI is InChI=1S/C17H12F6N4O2/c1-27-14(7-11(26-27)17(21,22)23)29-13-8-12(28-2)24-15(25-13)9-3-5-10(6-4-9)16(18,19)20/h3-8H,1-2H3. The van der Waals surface area contributed by atoms with Crippen molar-refractivity contribution < 1.29 is 35.8 Å². The summed E-state index contributed by atoms with van der Waals surface area (Å²) in [7, 11) is 2.54. The Labute approximate surface area is 159 Å². The van der Waals surface area contributed by atoms with Crippen LogP contribution in [0, 0.1) is 0 Å². The summed E-state index contributed by atoms with van der Waals surface area (Å²) in [5.74, 6) is -0.464. The van der Waals surface area contributed by atoms with E-state index in [4.69, 9.17) is 9.47 Å². The Morgan fingerprint density at radius 1 is 0.862 bits per heavy atom. The minimum atomic E-state index is -4.66. The maximum Gasteiger partial charge on any atom is 0.435 e. The fourth-order valence-corrected chi connectivity index (χ4v) is 2.29. The second kappa shape index (κ2) is 7.26. The van der Waals surface area contributed by atoms with E-state index in [-0.39, 0.29) is 29.0 Å². The van der Waals surface area contributed by atoms with Crippen LogP contribution < -0.4 is 9.47 Å². The van der Waals surface area contributed by atoms with Gasteiger partial charge in [-0.3, -0.25) is 0 Å². The summed E-state index contributed by atoms with van der Waals surface area (Å²) >= 11 is 0. The molecular formula is C17H12F6N4O2. The minimum Gasteiger partial charge on any atom is -0.481 e. The number of aryl methyl sites for hydroxylation is 1. The highest BCUT2D eigenvalue weighted by molar-refractivity contribution is 5.57. The summed E-state index contributed by atoms with van der Waals surface area (Å²) in [5.41, 5.74) is -1.78. The largest absolute Gasteiger partial charge is 0.481 e. The van der Waals surface area contributed by atoms with Crippen LogP contribution in [0.2, 0.25) is 0 Å². The van der Waals surface area contributed by atoms with Gasteiger partial charge in [-0.1, -0.05) is 12.1 Å². The number of hydrogen-bond donors (Lipinski definition) is 0. The van der Waals surface area contributed by atoms with Crippen LogP contribution in [0.5, 0.6) is 17.6 Å². The monoisotopic (exact) mass is 418 g/mol. The SMILES string of the molecule is COc1cc(Oc2cc(C(F)(F)F)nn2C)nc(-c2ccc(C(F)(F)F)cc2)n1. The number of ether oxygens (including phenoxy) is 2. The number of nitrogens with zero attached hydrogens (tertiary/aromatic N) is 4. The summed E-state index contributed by atoms with van der Waals surface area (Å²) in [6.45, 7) is 0. The first-order chi connectivity index (χ1) is 13.5. The van der Waals surface area contributed by atoms with Crippen molar-refractivity contribution >= 4 is 0 Å². The van der Waals surface area contributed by atoms with Gasteiger partial charge in [-0.15, -0.1) is 0 Å². The average Bonchev–Trinajstić information content (AvgIpc) is 3.02. The van der Waals surface area contributed by atoms with Gasteiger partial charge >= 0.3 is 12.4 Å². The van der Waals surface area contributed by atoms with Crippen molar-refractivity contribution in [2.24, 2.45) is 7.05 Å². The van der Waals surface area contributed by atoms with E-state index in [0.717, 1.165) is 28.9 Å². The smallest absolute Gasteiger partial charge is 0.435 e. The molecule has 0 radical (unpaired) electrons. The van der Waals surface area contributed by atoms with Crippen LogP contribution in [0.4, 0.5) is 26.3 Å². The number of methoxy groups -OCH3 is 1. The highest BCUT2D eigenvalue weighted by Gasteiger charge is 2.35. The fraction of sp³-hybridized carbons (Fsp3) is 0.235. The minimum absolute atomic E-state index is 0.00288. The molecular weight excluding hydrogens is 406 g/mol. The van der Waals surface area contributed by atoms with Gasteiger partial charge in [0.1, 0.15) is 0 Å². The summed E-state index contributed by atoms with van der Waals surface area (Å²) in [4.78, 5) is 8.06. The third kappa shape index (κ3) is 4.58. The van der Waals surface area contributed by atoms with Gasteiger partial charge in [0, 0.05) is 18.7 Å². The molecule has 0 aliphatic heterocycles. The Balaban J connectivity index is 1.95. The number of alkyl halides is 6. The van der Waals surface area contributed by atoms with Crippen LogP contribution in [0.1, 0.15) is 11.3 Å². The molecule has 0 saturated carbocycles. The lowest BCUT2D eigenvalue weighted by atomic mass is 10.1. The van der Waals surface area contributed by atoms with E-state index >= 15 is 0 Å². The van der Waals surface area contributed by atoms with Gasteiger partial charge in [0.15, 0.2) is 11.5 Å². The predicted molar refractivity (Wildman–Crippen MR) is 87.3 cm³/mol. The van der Waals surface area contributed by atoms with Crippen molar-refractivity contribution in [1.29, 1.82) is 0 Å². The molecule has 0 bridgehead atoms. The van der Waals surface area contributed by atoms with Crippen molar-refractivity contribution in [2.45, 2.75) is 12.4 Å². The van der Waals surface area contributed by atoms with Gasteiger partial charge in [0.2, 0.25) is 17.6 Å². The van der Waals surface area contributed by atoms with E-state index in [1.165, 1.54) is 20.2 Å². The lowest BCUT2D eigenvalue weighted by Gasteiger charge is -2.10. The molecule has 3 rings (SSSR count). The maximum absolute atomic E-state index is 12.8. The van der Waals surface area contributed by atoms with Crippen molar-refractivity contribution in [3.63, 3.8) is 0 Å². The van der Waals surface area contributed by atoms with Crippen molar-refractivity contribution in [3.05, 3.63) is 47.7 Å². The summed E-state index contributed by atoms with van der Waals surface area (Å²) in [6.07, 6.45) is -9.16. The van der Waals surface area contributed by atoms with Gasteiger partial charge < -0.3 is 9.47 Å². The fourth-order valence-electron chi connectivity index (χ4n) is 2.29. The predicted octanol–water partition coefficient (Wildman–Crippen LogP) is 4.72. The number of rotatable bonds is 4. The van der Waals surface area contributed by atoms with Crippen molar-refractivity contribution in [1.82, 2.24) is 19.7 Å². The van der Waals surface area contributed by atoms with Crippen LogP contribution in [0.3, 0.4) is 0 Å². The quantitative estimate of drug-likeness (QED) is 0.574. The molecule has 0 spiro atoms. The van der Waals surface area contributed by atoms with Gasteiger partial charge in [0.05, 0.1) is 18.7 Å². The first kappa shape index (κ1) is 20.4. The molecule has 6 nitrogen and oxygen atoms in total. The Kier molecular flexibility index (Phi) is 5.11. The normalized spacial score (nSPS) is 12.1. The molecule has 0 fully saturated rings. The topological polar surface area (TPSA) is 62.1 Å². The molecule has 0 amide bonds. The third-order valence-corrected chi connectivity index (χ3v) is 3.70. The number of hydrogen-bond acceptors (Lipinski definition) is 5. The Bertz CT molecular complexity index is 1010. The van der Waals surface area contributed by atoms with E-state index in [0.29, 0.717) is 6.07 Å². The molecule has 1 aromatic carbocycles. The average molecular weight is 418 g/mol. The molecule has 29 heavy (non-hydrogen) atoms. The lowest BCUT2D eigenvalue weighted by molar-refractivity contribution is -0.141. The number of benzene rings is 1. The highest BCUT2D eigenvalue weighted by atomic mass is 19.4. The molecule has 0 saturated heterocycles. The molecule has 0 N–H and O–H groups in total. The lowest BCUT2D eigenvalue weighted by Crippen LogP contribution is -2.06. The van der Waals surface area contributed by atoms with Gasteiger partial charge in [-0.25, -0.2) is 4.68 Å². The number of aromatic nitrogens is 4. The first-order valence-corrected chi connectivity index (χ1v) is 7.87. The Morgan fingerprint density at radius 2 is 1.48 bits per heavy atom. The zero-order valence-corrected chi connectivity index (χ0v) is 14.8. The van der Waals surface area contributed by atoms with Gasteiger partial charge in [0.25, 0.3) is 0 Å². The summed E-state index contributed by atoms with van der Waals surface area (Å²) in [6, 6.07) is 5.94. The molecule has 2 heterocycles. The van der Waals surface area contributed by atoms with E-state index in [2.05, 4.69) is 15.1 Å². The van der Waals surface area contributed by atoms with Crippen LogP contribution in [-0.4, -0.2) is 26.9 Å². The summed E-state index contributed by atoms with van der Waals surface area (Å²) < 4.78 is 87.7. The van der Waals surface area contributed by atoms with Crippen LogP contribution in [0.25, 0.3) is 11.4 Å². The van der Waals surface area contributed by atoms with Crippen LogP contribution in [-0.2, 0) is 19.4 Å². The second-order valence-electron chi connectivity index (χ2n) is 5.74. The van der Waals surface area contributed by atoms with E-state index < -0.39 is 23.6 Å². The van der Waals surface area contributed by atoms with Gasteiger partial charge in [-0.2, -0.15) is 41.4 Å². The molecule has 0 unspecified atom stereocenters. The zero-order chi connectivity index (χ0) is 21.4. The second-order valence-corrected chi connectivity index (χ2v) is 5.74. The molecule has 0 aliphatic rings. The number of halogens is 6. The summed E-state index contributed by atoms with van der Waals surface area (Å²) in [5, 5.41) is 3.32. The highest BCUT2D eigenvalue weighted by Crippen LogP contribution is 2.33. The van der Waals surface area contributed by atoms with E-state index in [1.807, 2.05) is 0 Å². The van der Waals surface area contributed by atoms with E-state index in [1.54, 1.807) is 0 Å². The maximum atomic E-state index is 12.8. The van der Waals surface area contributed by atoms with Crippen LogP contribution >= 0.6 is 0 Å². The molecule has 12 heteroatoms. The molecule has 0 aliphatic carbocycles. The Morgan fingerprint density at radius 3 is 2.00 bits per heavy atom. The third-order valence-electron chi connectivity index (χ3n) is 3.70. The van der Waals surface area contributed by atoms with Crippen LogP contribution in [0.15, 0.2) is 36.4 Å². The first-order valence-electron chi connectivity index (χ1n) is 7.87. The molecule has 3 aromatic rings. The van der Waals surface area contributed by atoms with Crippen molar-refractivity contribution in [3.8, 4) is 29.0 Å². The molecule has 2 aromatic heterocycles. The van der Waals surface area contributed by atoms with Crippen molar-refractivity contribution in [2.75, 3.05) is 7.11 Å². The zero-order valence-electron chi connectivity index (χ0n) is 14.8. The Hall–Kier alpha value is -3.31. The van der Waals surface area contributed by atoms with E-state index in [9.17, 15) is 26.3 Å². The molecule has 0 atom stereocenters. The molecule has 154 valence electrons.